The second-order valence-corrected chi connectivity index (χ2v) is 5.57. The van der Waals surface area contributed by atoms with E-state index in [1.807, 2.05) is 0 Å². The number of likely N-dealkylation sites (N-methyl/N-ethyl adjacent to an activating group) is 1. The van der Waals surface area contributed by atoms with E-state index < -0.39 is 0 Å². The highest BCUT2D eigenvalue weighted by Crippen LogP contribution is 2.09. The van der Waals surface area contributed by atoms with Gasteiger partial charge in [0, 0.05) is 13.1 Å². The Kier molecular flexibility index (Phi) is 7.98. The lowest BCUT2D eigenvalue weighted by Crippen LogP contribution is -2.47. The second kappa shape index (κ2) is 9.47. The Hall–Kier alpha value is -1.66. The molecule has 0 aromatic heterocycles. The van der Waals surface area contributed by atoms with Crippen LogP contribution in [0.2, 0.25) is 0 Å². The van der Waals surface area contributed by atoms with Crippen molar-refractivity contribution >= 4 is 24.2 Å². The van der Waals surface area contributed by atoms with Crippen LogP contribution in [0.1, 0.15) is 18.4 Å². The maximum Gasteiger partial charge on any atom is 0.241 e. The van der Waals surface area contributed by atoms with Crippen LogP contribution in [0.15, 0.2) is 24.3 Å². The lowest BCUT2D eigenvalue weighted by Gasteiger charge is -2.31. The van der Waals surface area contributed by atoms with Crippen molar-refractivity contribution < 1.29 is 14.0 Å². The predicted molar refractivity (Wildman–Crippen MR) is 89.0 cm³/mol. The van der Waals surface area contributed by atoms with Crippen molar-refractivity contribution in [2.75, 3.05) is 26.7 Å². The van der Waals surface area contributed by atoms with E-state index in [-0.39, 0.29) is 49.0 Å². The number of carbonyl (C=O) groups excluding carboxylic acids is 2. The molecule has 1 fully saturated rings. The molecule has 128 valence electrons. The smallest absolute Gasteiger partial charge is 0.241 e. The molecule has 23 heavy (non-hydrogen) atoms. The van der Waals surface area contributed by atoms with E-state index in [2.05, 4.69) is 10.6 Å². The molecule has 0 atom stereocenters. The Morgan fingerprint density at radius 2 is 2.04 bits per heavy atom. The molecule has 0 saturated carbocycles. The molecule has 1 aliphatic heterocycles. The van der Waals surface area contributed by atoms with Crippen LogP contribution < -0.4 is 10.6 Å². The zero-order valence-corrected chi connectivity index (χ0v) is 14.0. The van der Waals surface area contributed by atoms with Crippen LogP contribution in [-0.4, -0.2) is 49.4 Å². The number of hydrogen-bond acceptors (Lipinski definition) is 3. The first-order valence-corrected chi connectivity index (χ1v) is 7.54. The summed E-state index contributed by atoms with van der Waals surface area (Å²) in [5.74, 6) is -0.746. The van der Waals surface area contributed by atoms with Crippen molar-refractivity contribution in [3.63, 3.8) is 0 Å². The van der Waals surface area contributed by atoms with Crippen LogP contribution in [0, 0.1) is 5.82 Å². The van der Waals surface area contributed by atoms with Gasteiger partial charge < -0.3 is 15.5 Å². The van der Waals surface area contributed by atoms with E-state index in [1.165, 1.54) is 12.1 Å². The molecule has 1 saturated heterocycles. The summed E-state index contributed by atoms with van der Waals surface area (Å²) in [6.45, 7) is 1.80. The van der Waals surface area contributed by atoms with E-state index in [1.54, 1.807) is 24.1 Å². The molecule has 0 unspecified atom stereocenters. The molecule has 0 radical (unpaired) electrons. The minimum atomic E-state index is -0.369. The Balaban J connectivity index is 0.00000264. The number of halogens is 2. The van der Waals surface area contributed by atoms with E-state index in [9.17, 15) is 14.0 Å². The van der Waals surface area contributed by atoms with Crippen molar-refractivity contribution in [2.24, 2.45) is 0 Å². The normalized spacial score (nSPS) is 14.7. The van der Waals surface area contributed by atoms with Gasteiger partial charge in [0.15, 0.2) is 0 Å². The minimum Gasteiger partial charge on any atom is -0.347 e. The number of nitrogens with one attached hydrogen (secondary N) is 2. The van der Waals surface area contributed by atoms with E-state index in [0.29, 0.717) is 5.56 Å². The van der Waals surface area contributed by atoms with Gasteiger partial charge >= 0.3 is 0 Å². The first-order chi connectivity index (χ1) is 10.6. The van der Waals surface area contributed by atoms with Crippen molar-refractivity contribution in [2.45, 2.75) is 25.3 Å². The number of rotatable bonds is 5. The van der Waals surface area contributed by atoms with E-state index in [0.717, 1.165) is 25.9 Å². The molecule has 7 heteroatoms. The molecular formula is C16H23ClFN3O2. The van der Waals surface area contributed by atoms with Gasteiger partial charge in [-0.2, -0.15) is 0 Å². The molecule has 1 heterocycles. The van der Waals surface area contributed by atoms with Crippen LogP contribution in [0.25, 0.3) is 0 Å². The summed E-state index contributed by atoms with van der Waals surface area (Å²) < 4.78 is 13.0. The maximum absolute atomic E-state index is 13.0. The van der Waals surface area contributed by atoms with E-state index in [4.69, 9.17) is 0 Å². The number of carbonyl (C=O) groups is 2. The zero-order chi connectivity index (χ0) is 15.9. The molecule has 0 spiro atoms. The highest BCUT2D eigenvalue weighted by Gasteiger charge is 2.21. The van der Waals surface area contributed by atoms with Gasteiger partial charge in [-0.05, 0) is 43.6 Å². The fourth-order valence-corrected chi connectivity index (χ4v) is 2.59. The first kappa shape index (κ1) is 19.4. The SMILES string of the molecule is CN(C(=O)CNC(=O)Cc1cccc(F)c1)C1CCNCC1.Cl. The lowest BCUT2D eigenvalue weighted by molar-refractivity contribution is -0.133. The highest BCUT2D eigenvalue weighted by molar-refractivity contribution is 5.86. The molecular weight excluding hydrogens is 321 g/mol. The summed E-state index contributed by atoms with van der Waals surface area (Å²) in [5.41, 5.74) is 0.594. The maximum atomic E-state index is 13.0. The van der Waals surface area contributed by atoms with Crippen LogP contribution in [0.5, 0.6) is 0 Å². The number of piperidine rings is 1. The Morgan fingerprint density at radius 3 is 2.70 bits per heavy atom. The fourth-order valence-electron chi connectivity index (χ4n) is 2.59. The third kappa shape index (κ3) is 6.15. The van der Waals surface area contributed by atoms with Gasteiger partial charge in [-0.15, -0.1) is 12.4 Å². The molecule has 1 aromatic rings. The number of hydrogen-bond donors (Lipinski definition) is 2. The molecule has 2 amide bonds. The Morgan fingerprint density at radius 1 is 1.35 bits per heavy atom. The van der Waals surface area contributed by atoms with Crippen molar-refractivity contribution in [1.82, 2.24) is 15.5 Å². The molecule has 0 aliphatic carbocycles. The summed E-state index contributed by atoms with van der Waals surface area (Å²) in [4.78, 5) is 25.6. The van der Waals surface area contributed by atoms with Crippen LogP contribution in [0.3, 0.4) is 0 Å². The summed E-state index contributed by atoms with van der Waals surface area (Å²) in [5, 5.41) is 5.85. The molecule has 1 aromatic carbocycles. The van der Waals surface area contributed by atoms with Gasteiger partial charge in [-0.3, -0.25) is 9.59 Å². The predicted octanol–water partition coefficient (Wildman–Crippen LogP) is 1.12. The average Bonchev–Trinajstić information content (AvgIpc) is 2.52. The topological polar surface area (TPSA) is 61.4 Å². The first-order valence-electron chi connectivity index (χ1n) is 7.54. The largest absolute Gasteiger partial charge is 0.347 e. The number of benzene rings is 1. The molecule has 2 rings (SSSR count). The van der Waals surface area contributed by atoms with Crippen molar-refractivity contribution in [1.29, 1.82) is 0 Å². The minimum absolute atomic E-state index is 0. The molecule has 2 N–H and O–H groups in total. The van der Waals surface area contributed by atoms with Gasteiger partial charge in [0.05, 0.1) is 13.0 Å². The van der Waals surface area contributed by atoms with Crippen LogP contribution in [-0.2, 0) is 16.0 Å². The second-order valence-electron chi connectivity index (χ2n) is 5.57. The van der Waals surface area contributed by atoms with Crippen LogP contribution in [0.4, 0.5) is 4.39 Å². The van der Waals surface area contributed by atoms with Gasteiger partial charge in [0.1, 0.15) is 5.82 Å². The van der Waals surface area contributed by atoms with Gasteiger partial charge in [0.25, 0.3) is 0 Å². The zero-order valence-electron chi connectivity index (χ0n) is 13.2. The fraction of sp³-hybridized carbons (Fsp3) is 0.500. The third-order valence-corrected chi connectivity index (χ3v) is 3.94. The third-order valence-electron chi connectivity index (χ3n) is 3.94. The average molecular weight is 344 g/mol. The highest BCUT2D eigenvalue weighted by atomic mass is 35.5. The molecule has 0 bridgehead atoms. The van der Waals surface area contributed by atoms with Gasteiger partial charge in [-0.1, -0.05) is 12.1 Å². The monoisotopic (exact) mass is 343 g/mol. The Bertz CT molecular complexity index is 536. The number of amides is 2. The van der Waals surface area contributed by atoms with Gasteiger partial charge in [0.2, 0.25) is 11.8 Å². The number of nitrogens with zero attached hydrogens (tertiary/aromatic N) is 1. The van der Waals surface area contributed by atoms with Crippen molar-refractivity contribution in [3.05, 3.63) is 35.6 Å². The lowest BCUT2D eigenvalue weighted by atomic mass is 10.1. The quantitative estimate of drug-likeness (QED) is 0.842. The summed E-state index contributed by atoms with van der Waals surface area (Å²) >= 11 is 0. The van der Waals surface area contributed by atoms with Crippen molar-refractivity contribution in [3.8, 4) is 0 Å². The van der Waals surface area contributed by atoms with Gasteiger partial charge in [-0.25, -0.2) is 4.39 Å². The standard InChI is InChI=1S/C16H22FN3O2.ClH/c1-20(14-5-7-18-8-6-14)16(22)11-19-15(21)10-12-3-2-4-13(17)9-12;/h2-4,9,14,18H,5-8,10-11H2,1H3,(H,19,21);1H. The van der Waals surface area contributed by atoms with E-state index >= 15 is 0 Å². The van der Waals surface area contributed by atoms with Crippen LogP contribution >= 0.6 is 12.4 Å². The Labute approximate surface area is 142 Å². The summed E-state index contributed by atoms with van der Waals surface area (Å²) in [6, 6.07) is 6.13. The summed E-state index contributed by atoms with van der Waals surface area (Å²) in [6.07, 6.45) is 1.93. The molecule has 5 nitrogen and oxygen atoms in total. The summed E-state index contributed by atoms with van der Waals surface area (Å²) in [7, 11) is 1.77. The molecule has 1 aliphatic rings.